The summed E-state index contributed by atoms with van der Waals surface area (Å²) in [6, 6.07) is 0. The maximum atomic E-state index is 10.8. The molecule has 1 heteroatoms. The number of hydrogen-bond acceptors (Lipinski definition) is 1. The van der Waals surface area contributed by atoms with Crippen LogP contribution in [0.1, 0.15) is 46.0 Å². The fourth-order valence-corrected chi connectivity index (χ4v) is 2.86. The molecule has 1 aliphatic carbocycles. The van der Waals surface area contributed by atoms with Gasteiger partial charge in [-0.25, -0.2) is 0 Å². The quantitative estimate of drug-likeness (QED) is 0.694. The number of rotatable bonds is 5. The van der Waals surface area contributed by atoms with Crippen LogP contribution in [0.15, 0.2) is 37.0 Å². The minimum Gasteiger partial charge on any atom is -0.389 e. The van der Waals surface area contributed by atoms with Crippen molar-refractivity contribution < 1.29 is 5.11 Å². The predicted octanol–water partition coefficient (Wildman–Crippen LogP) is 4.01. The SMILES string of the molecule is C=CCC(O)(CC=C)C1(C)CCC=C(C)C1. The lowest BCUT2D eigenvalue weighted by molar-refractivity contribution is -0.0781. The second-order valence-electron chi connectivity index (χ2n) is 5.34. The van der Waals surface area contributed by atoms with Crippen LogP contribution >= 0.6 is 0 Å². The van der Waals surface area contributed by atoms with Gasteiger partial charge in [-0.1, -0.05) is 30.7 Å². The summed E-state index contributed by atoms with van der Waals surface area (Å²) >= 11 is 0. The third-order valence-corrected chi connectivity index (χ3v) is 3.95. The highest BCUT2D eigenvalue weighted by atomic mass is 16.3. The number of aliphatic hydroxyl groups is 1. The van der Waals surface area contributed by atoms with Crippen LogP contribution in [0, 0.1) is 5.41 Å². The molecular weight excluding hydrogens is 196 g/mol. The lowest BCUT2D eigenvalue weighted by atomic mass is 9.62. The molecule has 0 amide bonds. The third kappa shape index (κ3) is 2.46. The van der Waals surface area contributed by atoms with Crippen LogP contribution in [-0.4, -0.2) is 10.7 Å². The Morgan fingerprint density at radius 3 is 2.44 bits per heavy atom. The molecule has 0 spiro atoms. The summed E-state index contributed by atoms with van der Waals surface area (Å²) < 4.78 is 0. The fourth-order valence-electron chi connectivity index (χ4n) is 2.86. The normalized spacial score (nSPS) is 26.1. The summed E-state index contributed by atoms with van der Waals surface area (Å²) in [7, 11) is 0. The van der Waals surface area contributed by atoms with Crippen LogP contribution in [-0.2, 0) is 0 Å². The Balaban J connectivity index is 2.96. The van der Waals surface area contributed by atoms with Gasteiger partial charge in [-0.05, 0) is 39.0 Å². The summed E-state index contributed by atoms with van der Waals surface area (Å²) in [4.78, 5) is 0. The van der Waals surface area contributed by atoms with E-state index >= 15 is 0 Å². The molecule has 0 saturated heterocycles. The smallest absolute Gasteiger partial charge is 0.0772 e. The highest BCUT2D eigenvalue weighted by Gasteiger charge is 2.45. The van der Waals surface area contributed by atoms with E-state index in [0.717, 1.165) is 19.3 Å². The van der Waals surface area contributed by atoms with Crippen molar-refractivity contribution in [1.29, 1.82) is 0 Å². The van der Waals surface area contributed by atoms with E-state index in [1.54, 1.807) is 0 Å². The minimum atomic E-state index is -0.688. The molecule has 1 N–H and O–H groups in total. The largest absolute Gasteiger partial charge is 0.389 e. The van der Waals surface area contributed by atoms with E-state index in [1.807, 2.05) is 12.2 Å². The maximum Gasteiger partial charge on any atom is 0.0772 e. The minimum absolute atomic E-state index is 0.0474. The molecule has 0 aromatic carbocycles. The van der Waals surface area contributed by atoms with Crippen LogP contribution in [0.25, 0.3) is 0 Å². The lowest BCUT2D eigenvalue weighted by Gasteiger charge is -2.46. The first-order valence-corrected chi connectivity index (χ1v) is 6.07. The van der Waals surface area contributed by atoms with Crippen LogP contribution in [0.2, 0.25) is 0 Å². The molecule has 1 aliphatic rings. The topological polar surface area (TPSA) is 20.2 Å². The van der Waals surface area contributed by atoms with Gasteiger partial charge in [-0.15, -0.1) is 13.2 Å². The van der Waals surface area contributed by atoms with Gasteiger partial charge < -0.3 is 5.11 Å². The molecule has 0 aliphatic heterocycles. The highest BCUT2D eigenvalue weighted by molar-refractivity contribution is 5.14. The van der Waals surface area contributed by atoms with Crippen LogP contribution in [0.5, 0.6) is 0 Å². The Kier molecular flexibility index (Phi) is 4.15. The molecule has 0 saturated carbocycles. The van der Waals surface area contributed by atoms with E-state index in [0.29, 0.717) is 12.8 Å². The second-order valence-corrected chi connectivity index (χ2v) is 5.34. The predicted molar refractivity (Wildman–Crippen MR) is 70.3 cm³/mol. The maximum absolute atomic E-state index is 10.8. The average Bonchev–Trinajstić information content (AvgIpc) is 2.17. The van der Waals surface area contributed by atoms with E-state index in [2.05, 4.69) is 33.1 Å². The van der Waals surface area contributed by atoms with Gasteiger partial charge in [0.15, 0.2) is 0 Å². The molecule has 1 atom stereocenters. The van der Waals surface area contributed by atoms with Crippen molar-refractivity contribution in [2.45, 2.75) is 51.6 Å². The first kappa shape index (κ1) is 13.2. The zero-order valence-electron chi connectivity index (χ0n) is 10.6. The molecule has 1 unspecified atom stereocenters. The van der Waals surface area contributed by atoms with E-state index in [9.17, 15) is 5.11 Å². The summed E-state index contributed by atoms with van der Waals surface area (Å²) in [5.41, 5.74) is 0.653. The van der Waals surface area contributed by atoms with E-state index < -0.39 is 5.60 Å². The Morgan fingerprint density at radius 1 is 1.44 bits per heavy atom. The Morgan fingerprint density at radius 2 is 2.00 bits per heavy atom. The number of allylic oxidation sites excluding steroid dienone is 2. The first-order chi connectivity index (χ1) is 7.47. The fraction of sp³-hybridized carbons (Fsp3) is 0.600. The van der Waals surface area contributed by atoms with Gasteiger partial charge in [0, 0.05) is 5.41 Å². The summed E-state index contributed by atoms with van der Waals surface area (Å²) in [6.45, 7) is 11.9. The third-order valence-electron chi connectivity index (χ3n) is 3.95. The van der Waals surface area contributed by atoms with E-state index in [1.165, 1.54) is 5.57 Å². The molecule has 0 aromatic heterocycles. The standard InChI is InChI=1S/C15H24O/c1-5-9-15(16,10-6-2)14(4)11-7-8-13(3)12-14/h5-6,8,16H,1-2,7,9-12H2,3-4H3. The Hall–Kier alpha value is -0.820. The van der Waals surface area contributed by atoms with Gasteiger partial charge in [0.1, 0.15) is 0 Å². The van der Waals surface area contributed by atoms with E-state index in [4.69, 9.17) is 0 Å². The Labute approximate surface area is 99.6 Å². The van der Waals surface area contributed by atoms with Gasteiger partial charge in [-0.3, -0.25) is 0 Å². The zero-order chi connectivity index (χ0) is 12.2. The highest BCUT2D eigenvalue weighted by Crippen LogP contribution is 2.47. The molecule has 0 bridgehead atoms. The van der Waals surface area contributed by atoms with Crippen molar-refractivity contribution in [2.75, 3.05) is 0 Å². The molecule has 1 nitrogen and oxygen atoms in total. The molecule has 0 heterocycles. The van der Waals surface area contributed by atoms with Gasteiger partial charge in [0.2, 0.25) is 0 Å². The average molecular weight is 220 g/mol. The number of hydrogen-bond donors (Lipinski definition) is 1. The van der Waals surface area contributed by atoms with Crippen molar-refractivity contribution >= 4 is 0 Å². The molecule has 90 valence electrons. The van der Waals surface area contributed by atoms with Crippen LogP contribution in [0.4, 0.5) is 0 Å². The molecule has 1 rings (SSSR count). The second kappa shape index (κ2) is 5.01. The zero-order valence-corrected chi connectivity index (χ0v) is 10.6. The first-order valence-electron chi connectivity index (χ1n) is 6.07. The van der Waals surface area contributed by atoms with Crippen molar-refractivity contribution in [3.63, 3.8) is 0 Å². The molecule has 0 radical (unpaired) electrons. The van der Waals surface area contributed by atoms with Crippen LogP contribution in [0.3, 0.4) is 0 Å². The van der Waals surface area contributed by atoms with Crippen molar-refractivity contribution in [1.82, 2.24) is 0 Å². The Bertz CT molecular complexity index is 291. The van der Waals surface area contributed by atoms with Gasteiger partial charge in [0.25, 0.3) is 0 Å². The van der Waals surface area contributed by atoms with E-state index in [-0.39, 0.29) is 5.41 Å². The monoisotopic (exact) mass is 220 g/mol. The van der Waals surface area contributed by atoms with Gasteiger partial charge in [0.05, 0.1) is 5.60 Å². The molecule has 16 heavy (non-hydrogen) atoms. The van der Waals surface area contributed by atoms with Crippen molar-refractivity contribution in [3.05, 3.63) is 37.0 Å². The summed E-state index contributed by atoms with van der Waals surface area (Å²) in [5, 5.41) is 10.8. The van der Waals surface area contributed by atoms with Crippen LogP contribution < -0.4 is 0 Å². The van der Waals surface area contributed by atoms with Gasteiger partial charge in [-0.2, -0.15) is 0 Å². The van der Waals surface area contributed by atoms with Crippen molar-refractivity contribution in [3.8, 4) is 0 Å². The van der Waals surface area contributed by atoms with Crippen molar-refractivity contribution in [2.24, 2.45) is 5.41 Å². The molecule has 0 aromatic rings. The molecular formula is C15H24O. The summed E-state index contributed by atoms with van der Waals surface area (Å²) in [6.07, 6.45) is 10.3. The lowest BCUT2D eigenvalue weighted by Crippen LogP contribution is -2.47. The molecule has 0 fully saturated rings. The van der Waals surface area contributed by atoms with Gasteiger partial charge >= 0.3 is 0 Å². The summed E-state index contributed by atoms with van der Waals surface area (Å²) in [5.74, 6) is 0.